The molecular weight excluding hydrogens is 372 g/mol. The predicted molar refractivity (Wildman–Crippen MR) is 110 cm³/mol. The van der Waals surface area contributed by atoms with E-state index in [9.17, 15) is 9.59 Å². The molecule has 1 saturated heterocycles. The molecule has 1 aliphatic rings. The molecule has 0 radical (unpaired) electrons. The number of hydrogen-bond acceptors (Lipinski definition) is 6. The number of hydrogen-bond donors (Lipinski definition) is 1. The third-order valence-electron chi connectivity index (χ3n) is 4.42. The van der Waals surface area contributed by atoms with Crippen LogP contribution < -0.4 is 10.1 Å². The lowest BCUT2D eigenvalue weighted by Crippen LogP contribution is -2.54. The van der Waals surface area contributed by atoms with Crippen molar-refractivity contribution >= 4 is 23.0 Å². The van der Waals surface area contributed by atoms with Crippen LogP contribution in [0.1, 0.15) is 41.5 Å². The standard InChI is InChI=1S/C22H30N2O5/c1-21(2,3)28-19(25)18(14-12-23-13-14)27-17-9-7-8-16-15(17)10-11-24(16)20(26)29-22(4,5)6/h7-11,14,18,23H,12-13H2,1-6H3. The van der Waals surface area contributed by atoms with Crippen molar-refractivity contribution in [3.8, 4) is 5.75 Å². The first-order valence-electron chi connectivity index (χ1n) is 9.88. The molecule has 2 heterocycles. The molecule has 0 amide bonds. The number of esters is 1. The Hall–Kier alpha value is -2.54. The highest BCUT2D eigenvalue weighted by Crippen LogP contribution is 2.30. The number of carbonyl (C=O) groups is 2. The summed E-state index contributed by atoms with van der Waals surface area (Å²) < 4.78 is 18.6. The number of rotatable bonds is 4. The molecule has 1 atom stereocenters. The lowest BCUT2D eigenvalue weighted by Gasteiger charge is -2.35. The van der Waals surface area contributed by atoms with Crippen molar-refractivity contribution in [1.29, 1.82) is 0 Å². The second-order valence-corrected chi connectivity index (χ2v) is 9.35. The molecule has 0 aliphatic carbocycles. The van der Waals surface area contributed by atoms with Gasteiger partial charge in [0.1, 0.15) is 17.0 Å². The molecule has 7 heteroatoms. The molecule has 158 valence electrons. The van der Waals surface area contributed by atoms with E-state index in [2.05, 4.69) is 5.32 Å². The molecule has 1 aromatic heterocycles. The van der Waals surface area contributed by atoms with E-state index in [1.54, 1.807) is 24.4 Å². The zero-order valence-electron chi connectivity index (χ0n) is 17.9. The number of benzene rings is 1. The maximum absolute atomic E-state index is 12.7. The van der Waals surface area contributed by atoms with Crippen molar-refractivity contribution < 1.29 is 23.8 Å². The van der Waals surface area contributed by atoms with Gasteiger partial charge in [0.15, 0.2) is 0 Å². The highest BCUT2D eigenvalue weighted by Gasteiger charge is 2.38. The summed E-state index contributed by atoms with van der Waals surface area (Å²) in [6.07, 6.45) is 0.474. The van der Waals surface area contributed by atoms with Crippen LogP contribution in [0.2, 0.25) is 0 Å². The van der Waals surface area contributed by atoms with Crippen molar-refractivity contribution in [2.45, 2.75) is 58.8 Å². The Labute approximate surface area is 171 Å². The first kappa shape index (κ1) is 21.2. The first-order valence-corrected chi connectivity index (χ1v) is 9.88. The number of carbonyl (C=O) groups excluding carboxylic acids is 2. The van der Waals surface area contributed by atoms with Crippen LogP contribution in [0.15, 0.2) is 30.5 Å². The van der Waals surface area contributed by atoms with E-state index < -0.39 is 23.4 Å². The van der Waals surface area contributed by atoms with Crippen LogP contribution in [0.25, 0.3) is 10.9 Å². The largest absolute Gasteiger partial charge is 0.478 e. The SMILES string of the molecule is CC(C)(C)OC(=O)C(Oc1cccc2c1ccn2C(=O)OC(C)(C)C)C1CNC1. The number of nitrogens with zero attached hydrogens (tertiary/aromatic N) is 1. The summed E-state index contributed by atoms with van der Waals surface area (Å²) in [5.41, 5.74) is -0.533. The van der Waals surface area contributed by atoms with Gasteiger partial charge in [0.25, 0.3) is 0 Å². The smallest absolute Gasteiger partial charge is 0.418 e. The maximum atomic E-state index is 12.7. The van der Waals surface area contributed by atoms with Crippen LogP contribution in [0.3, 0.4) is 0 Å². The van der Waals surface area contributed by atoms with E-state index in [0.29, 0.717) is 24.4 Å². The van der Waals surface area contributed by atoms with Gasteiger partial charge in [-0.25, -0.2) is 9.59 Å². The van der Waals surface area contributed by atoms with Crippen molar-refractivity contribution in [3.63, 3.8) is 0 Å². The summed E-state index contributed by atoms with van der Waals surface area (Å²) in [4.78, 5) is 25.3. The van der Waals surface area contributed by atoms with Crippen molar-refractivity contribution in [3.05, 3.63) is 30.5 Å². The Morgan fingerprint density at radius 2 is 1.69 bits per heavy atom. The van der Waals surface area contributed by atoms with Gasteiger partial charge < -0.3 is 19.5 Å². The second-order valence-electron chi connectivity index (χ2n) is 9.35. The lowest BCUT2D eigenvalue weighted by atomic mass is 9.96. The molecule has 1 aliphatic heterocycles. The summed E-state index contributed by atoms with van der Waals surface area (Å²) in [6.45, 7) is 12.4. The monoisotopic (exact) mass is 402 g/mol. The molecule has 0 saturated carbocycles. The van der Waals surface area contributed by atoms with E-state index in [1.165, 1.54) is 4.57 Å². The average molecular weight is 402 g/mol. The lowest BCUT2D eigenvalue weighted by molar-refractivity contribution is -0.167. The Kier molecular flexibility index (Phi) is 5.63. The van der Waals surface area contributed by atoms with E-state index in [1.807, 2.05) is 47.6 Å². The van der Waals surface area contributed by atoms with Gasteiger partial charge in [0, 0.05) is 30.6 Å². The van der Waals surface area contributed by atoms with Crippen molar-refractivity contribution in [2.24, 2.45) is 5.92 Å². The van der Waals surface area contributed by atoms with Gasteiger partial charge in [-0.3, -0.25) is 4.57 Å². The Morgan fingerprint density at radius 3 is 2.24 bits per heavy atom. The number of ether oxygens (including phenoxy) is 3. The van der Waals surface area contributed by atoms with Crippen LogP contribution in [0.4, 0.5) is 4.79 Å². The van der Waals surface area contributed by atoms with Crippen LogP contribution in [0, 0.1) is 5.92 Å². The fraction of sp³-hybridized carbons (Fsp3) is 0.545. The fourth-order valence-corrected chi connectivity index (χ4v) is 3.07. The zero-order chi connectivity index (χ0) is 21.4. The molecular formula is C22H30N2O5. The average Bonchev–Trinajstić information content (AvgIpc) is 2.94. The van der Waals surface area contributed by atoms with E-state index in [4.69, 9.17) is 14.2 Å². The topological polar surface area (TPSA) is 78.8 Å². The fourth-order valence-electron chi connectivity index (χ4n) is 3.07. The van der Waals surface area contributed by atoms with Gasteiger partial charge in [0.05, 0.1) is 5.52 Å². The second kappa shape index (κ2) is 7.71. The zero-order valence-corrected chi connectivity index (χ0v) is 17.9. The minimum absolute atomic E-state index is 0.0352. The molecule has 1 N–H and O–H groups in total. The summed E-state index contributed by atoms with van der Waals surface area (Å²) >= 11 is 0. The highest BCUT2D eigenvalue weighted by molar-refractivity contribution is 5.93. The van der Waals surface area contributed by atoms with Gasteiger partial charge in [-0.1, -0.05) is 6.07 Å². The van der Waals surface area contributed by atoms with Crippen molar-refractivity contribution in [1.82, 2.24) is 9.88 Å². The molecule has 29 heavy (non-hydrogen) atoms. The molecule has 7 nitrogen and oxygen atoms in total. The van der Waals surface area contributed by atoms with Gasteiger partial charge in [-0.15, -0.1) is 0 Å². The summed E-state index contributed by atoms with van der Waals surface area (Å²) in [5.74, 6) is 0.188. The third-order valence-corrected chi connectivity index (χ3v) is 4.42. The Bertz CT molecular complexity index is 900. The number of nitrogens with one attached hydrogen (secondary N) is 1. The van der Waals surface area contributed by atoms with E-state index in [0.717, 1.165) is 5.39 Å². The molecule has 3 rings (SSSR count). The van der Waals surface area contributed by atoms with Gasteiger partial charge in [0.2, 0.25) is 6.10 Å². The van der Waals surface area contributed by atoms with Crippen LogP contribution in [0.5, 0.6) is 5.75 Å². The minimum atomic E-state index is -0.717. The Balaban J connectivity index is 1.88. The van der Waals surface area contributed by atoms with E-state index in [-0.39, 0.29) is 11.9 Å². The molecule has 1 fully saturated rings. The highest BCUT2D eigenvalue weighted by atomic mass is 16.6. The Morgan fingerprint density at radius 1 is 1.03 bits per heavy atom. The van der Waals surface area contributed by atoms with Crippen LogP contribution >= 0.6 is 0 Å². The third kappa shape index (κ3) is 5.09. The van der Waals surface area contributed by atoms with Crippen molar-refractivity contribution in [2.75, 3.05) is 13.1 Å². The van der Waals surface area contributed by atoms with Gasteiger partial charge in [-0.05, 0) is 59.7 Å². The summed E-state index contributed by atoms with van der Waals surface area (Å²) in [5, 5.41) is 3.91. The maximum Gasteiger partial charge on any atom is 0.418 e. The first-order chi connectivity index (χ1) is 13.4. The normalized spacial score (nSPS) is 16.2. The predicted octanol–water partition coefficient (Wildman–Crippen LogP) is 3.73. The van der Waals surface area contributed by atoms with Gasteiger partial charge >= 0.3 is 12.1 Å². The number of fused-ring (bicyclic) bond motifs is 1. The van der Waals surface area contributed by atoms with Gasteiger partial charge in [-0.2, -0.15) is 0 Å². The number of aromatic nitrogens is 1. The molecule has 0 spiro atoms. The quantitative estimate of drug-likeness (QED) is 0.785. The van der Waals surface area contributed by atoms with E-state index >= 15 is 0 Å². The minimum Gasteiger partial charge on any atom is -0.478 e. The summed E-state index contributed by atoms with van der Waals surface area (Å²) in [6, 6.07) is 7.20. The molecule has 1 unspecified atom stereocenters. The van der Waals surface area contributed by atoms with Crippen LogP contribution in [-0.2, 0) is 14.3 Å². The molecule has 2 aromatic rings. The summed E-state index contributed by atoms with van der Waals surface area (Å²) in [7, 11) is 0. The molecule has 1 aromatic carbocycles. The molecule has 0 bridgehead atoms. The van der Waals surface area contributed by atoms with Crippen LogP contribution in [-0.4, -0.2) is 47.0 Å².